The first-order valence-electron chi connectivity index (χ1n) is 11.0. The highest BCUT2D eigenvalue weighted by atomic mass is 16.5. The maximum absolute atomic E-state index is 12.5. The van der Waals surface area contributed by atoms with Crippen molar-refractivity contribution in [3.63, 3.8) is 0 Å². The predicted octanol–water partition coefficient (Wildman–Crippen LogP) is 3.63. The van der Waals surface area contributed by atoms with Crippen LogP contribution in [0.5, 0.6) is 5.75 Å². The van der Waals surface area contributed by atoms with Gasteiger partial charge < -0.3 is 19.5 Å². The summed E-state index contributed by atoms with van der Waals surface area (Å²) in [4.78, 5) is 24.8. The molecule has 1 aliphatic heterocycles. The topological polar surface area (TPSA) is 91.7 Å². The molecule has 1 aliphatic rings. The zero-order valence-corrected chi connectivity index (χ0v) is 18.7. The van der Waals surface area contributed by atoms with Crippen LogP contribution in [0.15, 0.2) is 54.6 Å². The molecule has 2 heterocycles. The summed E-state index contributed by atoms with van der Waals surface area (Å²) in [5.41, 5.74) is 2.98. The number of carbonyl (C=O) groups is 2. The fourth-order valence-electron chi connectivity index (χ4n) is 3.74. The first kappa shape index (κ1) is 22.5. The Balaban J connectivity index is 1.61. The van der Waals surface area contributed by atoms with E-state index in [1.807, 2.05) is 24.3 Å². The summed E-state index contributed by atoms with van der Waals surface area (Å²) < 4.78 is 17.7. The Kier molecular flexibility index (Phi) is 7.04. The van der Waals surface area contributed by atoms with Crippen molar-refractivity contribution in [1.82, 2.24) is 15.1 Å². The number of ether oxygens (including phenoxy) is 3. The number of amides is 1. The van der Waals surface area contributed by atoms with Crippen LogP contribution in [0.25, 0.3) is 16.9 Å². The molecule has 33 heavy (non-hydrogen) atoms. The van der Waals surface area contributed by atoms with Crippen LogP contribution in [0, 0.1) is 0 Å². The second-order valence-corrected chi connectivity index (χ2v) is 7.67. The Hall–Kier alpha value is -3.65. The van der Waals surface area contributed by atoms with Crippen molar-refractivity contribution < 1.29 is 23.8 Å². The molecule has 0 spiro atoms. The monoisotopic (exact) mass is 449 g/mol. The van der Waals surface area contributed by atoms with Gasteiger partial charge in [-0.15, -0.1) is 0 Å². The number of esters is 1. The molecule has 0 bridgehead atoms. The summed E-state index contributed by atoms with van der Waals surface area (Å²) in [5.74, 6) is 0.0412. The Bertz CT molecular complexity index is 1120. The molecule has 1 fully saturated rings. The van der Waals surface area contributed by atoms with Crippen LogP contribution in [0.3, 0.4) is 0 Å². The van der Waals surface area contributed by atoms with Gasteiger partial charge in [0, 0.05) is 24.3 Å². The third kappa shape index (κ3) is 5.23. The summed E-state index contributed by atoms with van der Waals surface area (Å²) >= 11 is 0. The molecule has 8 nitrogen and oxygen atoms in total. The molecule has 0 radical (unpaired) electrons. The average molecular weight is 450 g/mol. The fourth-order valence-corrected chi connectivity index (χ4v) is 3.74. The number of benzene rings is 2. The minimum absolute atomic E-state index is 0.0871. The van der Waals surface area contributed by atoms with Gasteiger partial charge in [-0.05, 0) is 62.2 Å². The smallest absolute Gasteiger partial charge is 0.358 e. The first-order chi connectivity index (χ1) is 16.1. The molecule has 1 unspecified atom stereocenters. The second kappa shape index (κ2) is 10.3. The zero-order valence-electron chi connectivity index (χ0n) is 18.7. The lowest BCUT2D eigenvalue weighted by Crippen LogP contribution is -2.31. The second-order valence-electron chi connectivity index (χ2n) is 7.67. The quantitative estimate of drug-likeness (QED) is 0.528. The third-order valence-corrected chi connectivity index (χ3v) is 5.45. The molecule has 1 atom stereocenters. The average Bonchev–Trinajstić information content (AvgIpc) is 3.53. The summed E-state index contributed by atoms with van der Waals surface area (Å²) in [6.45, 7) is 3.27. The fraction of sp³-hybridized carbons (Fsp3) is 0.320. The van der Waals surface area contributed by atoms with E-state index in [4.69, 9.17) is 14.2 Å². The number of methoxy groups -OCH3 is 1. The van der Waals surface area contributed by atoms with Crippen LogP contribution in [0.4, 0.5) is 0 Å². The van der Waals surface area contributed by atoms with Crippen molar-refractivity contribution in [2.45, 2.75) is 25.9 Å². The molecule has 0 aliphatic carbocycles. The van der Waals surface area contributed by atoms with E-state index in [1.165, 1.54) is 0 Å². The summed E-state index contributed by atoms with van der Waals surface area (Å²) in [6.07, 6.45) is 2.08. The largest absolute Gasteiger partial charge is 0.497 e. The number of nitrogens with one attached hydrogen (secondary N) is 1. The van der Waals surface area contributed by atoms with E-state index in [0.717, 1.165) is 25.0 Å². The van der Waals surface area contributed by atoms with Crippen LogP contribution in [0.2, 0.25) is 0 Å². The van der Waals surface area contributed by atoms with E-state index < -0.39 is 5.97 Å². The zero-order chi connectivity index (χ0) is 23.2. The Morgan fingerprint density at radius 1 is 1.18 bits per heavy atom. The van der Waals surface area contributed by atoms with Crippen molar-refractivity contribution in [3.05, 3.63) is 65.9 Å². The third-order valence-electron chi connectivity index (χ3n) is 5.45. The molecule has 172 valence electrons. The van der Waals surface area contributed by atoms with Crippen LogP contribution >= 0.6 is 0 Å². The number of aromatic nitrogens is 2. The molecule has 3 aromatic rings. The molecule has 0 saturated carbocycles. The lowest BCUT2D eigenvalue weighted by atomic mass is 10.1. The van der Waals surface area contributed by atoms with Crippen LogP contribution in [-0.4, -0.2) is 54.6 Å². The number of rotatable bonds is 8. The Labute approximate surface area is 192 Å². The lowest BCUT2D eigenvalue weighted by Gasteiger charge is -2.12. The standard InChI is InChI=1S/C25H27N3O5/c1-3-32-25(30)22-15-23(18-6-4-7-20(14-18)31-2)28(27-22)19-11-9-17(10-12-19)24(29)26-16-21-8-5-13-33-21/h4,6-7,9-12,14-15,21H,3,5,8,13,16H2,1-2H3,(H,26,29). The van der Waals surface area contributed by atoms with Gasteiger partial charge in [-0.25, -0.2) is 9.48 Å². The minimum atomic E-state index is -0.495. The van der Waals surface area contributed by atoms with Gasteiger partial charge in [0.15, 0.2) is 5.69 Å². The number of nitrogens with zero attached hydrogens (tertiary/aromatic N) is 2. The normalized spacial score (nSPS) is 15.3. The minimum Gasteiger partial charge on any atom is -0.497 e. The van der Waals surface area contributed by atoms with Crippen molar-refractivity contribution >= 4 is 11.9 Å². The van der Waals surface area contributed by atoms with Gasteiger partial charge in [0.1, 0.15) is 5.75 Å². The van der Waals surface area contributed by atoms with E-state index in [2.05, 4.69) is 10.4 Å². The summed E-state index contributed by atoms with van der Waals surface area (Å²) in [7, 11) is 1.60. The molecular formula is C25H27N3O5. The van der Waals surface area contributed by atoms with E-state index in [9.17, 15) is 9.59 Å². The highest BCUT2D eigenvalue weighted by Gasteiger charge is 2.19. The molecule has 1 amide bonds. The van der Waals surface area contributed by atoms with Gasteiger partial charge in [-0.3, -0.25) is 4.79 Å². The number of hydrogen-bond donors (Lipinski definition) is 1. The number of carbonyl (C=O) groups excluding carboxylic acids is 2. The molecule has 2 aromatic carbocycles. The van der Waals surface area contributed by atoms with Gasteiger partial charge in [0.2, 0.25) is 0 Å². The molecular weight excluding hydrogens is 422 g/mol. The lowest BCUT2D eigenvalue weighted by molar-refractivity contribution is 0.0518. The maximum Gasteiger partial charge on any atom is 0.358 e. The highest BCUT2D eigenvalue weighted by Crippen LogP contribution is 2.27. The highest BCUT2D eigenvalue weighted by molar-refractivity contribution is 5.94. The molecule has 8 heteroatoms. The summed E-state index contributed by atoms with van der Waals surface area (Å²) in [6, 6.07) is 16.3. The predicted molar refractivity (Wildman–Crippen MR) is 123 cm³/mol. The van der Waals surface area contributed by atoms with Crippen molar-refractivity contribution in [3.8, 4) is 22.7 Å². The maximum atomic E-state index is 12.5. The van der Waals surface area contributed by atoms with Crippen molar-refractivity contribution in [1.29, 1.82) is 0 Å². The van der Waals surface area contributed by atoms with Gasteiger partial charge in [0.05, 0.1) is 31.2 Å². The van der Waals surface area contributed by atoms with Crippen LogP contribution in [-0.2, 0) is 9.47 Å². The molecule has 1 saturated heterocycles. The van der Waals surface area contributed by atoms with Crippen molar-refractivity contribution in [2.24, 2.45) is 0 Å². The van der Waals surface area contributed by atoms with Gasteiger partial charge in [-0.1, -0.05) is 12.1 Å². The molecule has 1 aromatic heterocycles. The summed E-state index contributed by atoms with van der Waals surface area (Å²) in [5, 5.41) is 7.40. The first-order valence-corrected chi connectivity index (χ1v) is 11.0. The van der Waals surface area contributed by atoms with Gasteiger partial charge >= 0.3 is 5.97 Å². The number of hydrogen-bond acceptors (Lipinski definition) is 6. The van der Waals surface area contributed by atoms with E-state index in [1.54, 1.807) is 49.0 Å². The van der Waals surface area contributed by atoms with E-state index in [-0.39, 0.29) is 24.3 Å². The molecule has 4 rings (SSSR count). The van der Waals surface area contributed by atoms with E-state index >= 15 is 0 Å². The Morgan fingerprint density at radius 2 is 2.00 bits per heavy atom. The van der Waals surface area contributed by atoms with Crippen molar-refractivity contribution in [2.75, 3.05) is 26.9 Å². The van der Waals surface area contributed by atoms with Crippen LogP contribution < -0.4 is 10.1 Å². The Morgan fingerprint density at radius 3 is 2.70 bits per heavy atom. The van der Waals surface area contributed by atoms with Gasteiger partial charge in [0.25, 0.3) is 5.91 Å². The van der Waals surface area contributed by atoms with Crippen LogP contribution in [0.1, 0.15) is 40.6 Å². The SMILES string of the molecule is CCOC(=O)c1cc(-c2cccc(OC)c2)n(-c2ccc(C(=O)NCC3CCCO3)cc2)n1. The molecule has 1 N–H and O–H groups in total. The van der Waals surface area contributed by atoms with E-state index in [0.29, 0.717) is 29.2 Å². The van der Waals surface area contributed by atoms with Gasteiger partial charge in [-0.2, -0.15) is 5.10 Å².